The van der Waals surface area contributed by atoms with Crippen molar-refractivity contribution in [1.82, 2.24) is 0 Å². The fourth-order valence-corrected chi connectivity index (χ4v) is 2.97. The van der Waals surface area contributed by atoms with Gasteiger partial charge in [-0.1, -0.05) is 19.8 Å². The number of amides is 1. The number of nitrogens with one attached hydrogen (secondary N) is 2. The van der Waals surface area contributed by atoms with Crippen molar-refractivity contribution < 1.29 is 13.9 Å². The van der Waals surface area contributed by atoms with E-state index in [4.69, 9.17) is 4.74 Å². The molecular weight excluding hydrogens is 307 g/mol. The molecule has 134 valence electrons. The van der Waals surface area contributed by atoms with E-state index in [1.54, 1.807) is 26.8 Å². The molecule has 24 heavy (non-hydrogen) atoms. The molecule has 2 N–H and O–H groups in total. The molecule has 0 heterocycles. The molecule has 0 aliphatic heterocycles. The third-order valence-electron chi connectivity index (χ3n) is 4.33. The Morgan fingerprint density at radius 3 is 2.50 bits per heavy atom. The maximum Gasteiger partial charge on any atom is 0.412 e. The van der Waals surface area contributed by atoms with Gasteiger partial charge >= 0.3 is 6.09 Å². The Morgan fingerprint density at radius 2 is 1.88 bits per heavy atom. The van der Waals surface area contributed by atoms with E-state index in [0.29, 0.717) is 17.3 Å². The highest BCUT2D eigenvalue weighted by Gasteiger charge is 2.20. The SMILES string of the molecule is CC1CCC(CNc2cc(F)ccc2NC(=O)OC(C)(C)C)CC1. The third-order valence-corrected chi connectivity index (χ3v) is 4.33. The second-order valence-corrected chi connectivity index (χ2v) is 7.82. The van der Waals surface area contributed by atoms with Crippen LogP contribution < -0.4 is 10.6 Å². The van der Waals surface area contributed by atoms with Crippen molar-refractivity contribution in [3.63, 3.8) is 0 Å². The van der Waals surface area contributed by atoms with Crippen molar-refractivity contribution in [2.45, 2.75) is 59.0 Å². The highest BCUT2D eigenvalue weighted by atomic mass is 19.1. The number of anilines is 2. The number of rotatable bonds is 4. The lowest BCUT2D eigenvalue weighted by molar-refractivity contribution is 0.0636. The van der Waals surface area contributed by atoms with Crippen LogP contribution in [-0.4, -0.2) is 18.2 Å². The normalized spacial score (nSPS) is 21.2. The molecule has 1 aliphatic carbocycles. The second kappa shape index (κ2) is 7.86. The van der Waals surface area contributed by atoms with Crippen LogP contribution >= 0.6 is 0 Å². The number of carbonyl (C=O) groups is 1. The van der Waals surface area contributed by atoms with Gasteiger partial charge in [0, 0.05) is 6.54 Å². The van der Waals surface area contributed by atoms with Crippen molar-refractivity contribution in [3.05, 3.63) is 24.0 Å². The van der Waals surface area contributed by atoms with Gasteiger partial charge in [0.2, 0.25) is 0 Å². The number of halogens is 1. The quantitative estimate of drug-likeness (QED) is 0.773. The molecule has 1 aromatic rings. The zero-order chi connectivity index (χ0) is 17.7. The first kappa shape index (κ1) is 18.6. The molecule has 0 unspecified atom stereocenters. The molecule has 1 aliphatic rings. The average molecular weight is 336 g/mol. The molecule has 0 aromatic heterocycles. The summed E-state index contributed by atoms with van der Waals surface area (Å²) in [5, 5.41) is 6.00. The first-order chi connectivity index (χ1) is 11.2. The minimum Gasteiger partial charge on any atom is -0.444 e. The Bertz CT molecular complexity index is 561. The summed E-state index contributed by atoms with van der Waals surface area (Å²) in [7, 11) is 0. The van der Waals surface area contributed by atoms with E-state index < -0.39 is 11.7 Å². The molecule has 1 amide bonds. The van der Waals surface area contributed by atoms with Crippen molar-refractivity contribution in [3.8, 4) is 0 Å². The smallest absolute Gasteiger partial charge is 0.412 e. The monoisotopic (exact) mass is 336 g/mol. The van der Waals surface area contributed by atoms with Gasteiger partial charge in [-0.25, -0.2) is 9.18 Å². The molecule has 0 spiro atoms. The van der Waals surface area contributed by atoms with Crippen LogP contribution in [0.1, 0.15) is 53.4 Å². The molecule has 2 rings (SSSR count). The fraction of sp³-hybridized carbons (Fsp3) is 0.632. The minimum absolute atomic E-state index is 0.329. The van der Waals surface area contributed by atoms with Crippen LogP contribution in [-0.2, 0) is 4.74 Å². The molecule has 0 atom stereocenters. The van der Waals surface area contributed by atoms with Crippen LogP contribution in [0.5, 0.6) is 0 Å². The van der Waals surface area contributed by atoms with Crippen molar-refractivity contribution in [2.75, 3.05) is 17.2 Å². The van der Waals surface area contributed by atoms with Gasteiger partial charge in [-0.05, 0) is 63.6 Å². The lowest BCUT2D eigenvalue weighted by atomic mass is 9.83. The molecule has 4 nitrogen and oxygen atoms in total. The molecule has 5 heteroatoms. The molecule has 0 bridgehead atoms. The predicted molar refractivity (Wildman–Crippen MR) is 95.9 cm³/mol. The summed E-state index contributed by atoms with van der Waals surface area (Å²) in [4.78, 5) is 12.0. The Balaban J connectivity index is 1.98. The number of hydrogen-bond acceptors (Lipinski definition) is 3. The van der Waals surface area contributed by atoms with E-state index in [9.17, 15) is 9.18 Å². The van der Waals surface area contributed by atoms with Gasteiger partial charge in [-0.15, -0.1) is 0 Å². The lowest BCUT2D eigenvalue weighted by Gasteiger charge is -2.27. The van der Waals surface area contributed by atoms with Crippen LogP contribution in [0.3, 0.4) is 0 Å². The van der Waals surface area contributed by atoms with E-state index in [-0.39, 0.29) is 5.82 Å². The summed E-state index contributed by atoms with van der Waals surface area (Å²) < 4.78 is 18.9. The Labute approximate surface area is 144 Å². The maximum absolute atomic E-state index is 13.6. The second-order valence-electron chi connectivity index (χ2n) is 7.82. The molecular formula is C19H29FN2O2. The maximum atomic E-state index is 13.6. The first-order valence-electron chi connectivity index (χ1n) is 8.76. The highest BCUT2D eigenvalue weighted by molar-refractivity contribution is 5.89. The first-order valence-corrected chi connectivity index (χ1v) is 8.76. The van der Waals surface area contributed by atoms with Crippen LogP contribution in [0.15, 0.2) is 18.2 Å². The molecule has 1 fully saturated rings. The summed E-state index contributed by atoms with van der Waals surface area (Å²) in [5.74, 6) is 1.07. The van der Waals surface area contributed by atoms with E-state index in [1.165, 1.54) is 37.8 Å². The van der Waals surface area contributed by atoms with Crippen LogP contribution in [0.4, 0.5) is 20.6 Å². The number of carbonyl (C=O) groups excluding carboxylic acids is 1. The minimum atomic E-state index is -0.573. The number of hydrogen-bond donors (Lipinski definition) is 2. The summed E-state index contributed by atoms with van der Waals surface area (Å²) in [6, 6.07) is 4.31. The van der Waals surface area contributed by atoms with Crippen molar-refractivity contribution >= 4 is 17.5 Å². The van der Waals surface area contributed by atoms with Gasteiger partial charge in [0.25, 0.3) is 0 Å². The van der Waals surface area contributed by atoms with Crippen LogP contribution in [0, 0.1) is 17.7 Å². The van der Waals surface area contributed by atoms with Crippen LogP contribution in [0.25, 0.3) is 0 Å². The van der Waals surface area contributed by atoms with Gasteiger partial charge < -0.3 is 10.1 Å². The van der Waals surface area contributed by atoms with E-state index in [0.717, 1.165) is 12.5 Å². The molecule has 1 aromatic carbocycles. The van der Waals surface area contributed by atoms with Crippen LogP contribution in [0.2, 0.25) is 0 Å². The van der Waals surface area contributed by atoms with Gasteiger partial charge in [0.05, 0.1) is 11.4 Å². The predicted octanol–water partition coefficient (Wildman–Crippen LogP) is 5.41. The van der Waals surface area contributed by atoms with Gasteiger partial charge in [-0.2, -0.15) is 0 Å². The Morgan fingerprint density at radius 1 is 1.21 bits per heavy atom. The average Bonchev–Trinajstić information content (AvgIpc) is 2.47. The third kappa shape index (κ3) is 6.02. The molecule has 0 saturated heterocycles. The molecule has 1 saturated carbocycles. The van der Waals surface area contributed by atoms with E-state index in [2.05, 4.69) is 17.6 Å². The summed E-state index contributed by atoms with van der Waals surface area (Å²) in [6.45, 7) is 8.50. The zero-order valence-electron chi connectivity index (χ0n) is 15.1. The van der Waals surface area contributed by atoms with Crippen molar-refractivity contribution in [1.29, 1.82) is 0 Å². The number of benzene rings is 1. The van der Waals surface area contributed by atoms with Crippen molar-refractivity contribution in [2.24, 2.45) is 11.8 Å². The largest absolute Gasteiger partial charge is 0.444 e. The Kier molecular flexibility index (Phi) is 6.08. The lowest BCUT2D eigenvalue weighted by Crippen LogP contribution is -2.27. The highest BCUT2D eigenvalue weighted by Crippen LogP contribution is 2.30. The van der Waals surface area contributed by atoms with Gasteiger partial charge in [0.15, 0.2) is 0 Å². The van der Waals surface area contributed by atoms with E-state index >= 15 is 0 Å². The zero-order valence-corrected chi connectivity index (χ0v) is 15.1. The Hall–Kier alpha value is -1.78. The molecule has 0 radical (unpaired) electrons. The van der Waals surface area contributed by atoms with E-state index in [1.807, 2.05) is 0 Å². The van der Waals surface area contributed by atoms with Gasteiger partial charge in [-0.3, -0.25) is 5.32 Å². The summed E-state index contributed by atoms with van der Waals surface area (Å²) in [6.07, 6.45) is 4.34. The van der Waals surface area contributed by atoms with Gasteiger partial charge in [0.1, 0.15) is 11.4 Å². The fourth-order valence-electron chi connectivity index (χ4n) is 2.97. The standard InChI is InChI=1S/C19H29FN2O2/c1-13-5-7-14(8-6-13)12-21-17-11-15(20)9-10-16(17)22-18(23)24-19(2,3)4/h9-11,13-14,21H,5-8,12H2,1-4H3,(H,22,23). The topological polar surface area (TPSA) is 50.4 Å². The summed E-state index contributed by atoms with van der Waals surface area (Å²) >= 11 is 0. The summed E-state index contributed by atoms with van der Waals surface area (Å²) in [5.41, 5.74) is 0.561. The number of ether oxygens (including phenoxy) is 1.